The Bertz CT molecular complexity index is 890. The molecule has 1 N–H and O–H groups in total. The molecule has 4 rings (SSSR count). The van der Waals surface area contributed by atoms with Crippen molar-refractivity contribution < 1.29 is 4.74 Å². The lowest BCUT2D eigenvalue weighted by molar-refractivity contribution is 0.340. The smallest absolute Gasteiger partial charge is 0.227 e. The number of piperidine rings is 1. The third kappa shape index (κ3) is 5.25. The van der Waals surface area contributed by atoms with E-state index < -0.39 is 0 Å². The molecule has 0 radical (unpaired) electrons. The number of hydrogen-bond donors (Lipinski definition) is 1. The van der Waals surface area contributed by atoms with Crippen molar-refractivity contribution in [2.75, 3.05) is 29.9 Å². The minimum Gasteiger partial charge on any atom is -0.494 e. The molecule has 5 nitrogen and oxygen atoms in total. The Morgan fingerprint density at radius 2 is 1.76 bits per heavy atom. The Morgan fingerprint density at radius 1 is 1.00 bits per heavy atom. The summed E-state index contributed by atoms with van der Waals surface area (Å²) in [6.07, 6.45) is 5.34. The van der Waals surface area contributed by atoms with E-state index in [2.05, 4.69) is 45.5 Å². The van der Waals surface area contributed by atoms with Crippen LogP contribution in [0.2, 0.25) is 0 Å². The van der Waals surface area contributed by atoms with E-state index in [1.165, 1.54) is 18.4 Å². The van der Waals surface area contributed by atoms with Crippen LogP contribution in [0.25, 0.3) is 0 Å². The van der Waals surface area contributed by atoms with Crippen LogP contribution in [0.4, 0.5) is 17.5 Å². The van der Waals surface area contributed by atoms with E-state index in [4.69, 9.17) is 9.72 Å². The maximum Gasteiger partial charge on any atom is 0.227 e. The van der Waals surface area contributed by atoms with Crippen LogP contribution in [0, 0.1) is 5.92 Å². The summed E-state index contributed by atoms with van der Waals surface area (Å²) >= 11 is 0. The van der Waals surface area contributed by atoms with Crippen molar-refractivity contribution in [1.29, 1.82) is 0 Å². The Morgan fingerprint density at radius 3 is 2.48 bits per heavy atom. The zero-order valence-electron chi connectivity index (χ0n) is 16.9. The molecular formula is C24H28N4O. The van der Waals surface area contributed by atoms with Crippen LogP contribution in [0.15, 0.2) is 66.9 Å². The van der Waals surface area contributed by atoms with E-state index in [9.17, 15) is 0 Å². The van der Waals surface area contributed by atoms with E-state index in [1.807, 2.05) is 43.5 Å². The average molecular weight is 389 g/mol. The van der Waals surface area contributed by atoms with Crippen molar-refractivity contribution in [1.82, 2.24) is 9.97 Å². The first-order valence-electron chi connectivity index (χ1n) is 10.4. The van der Waals surface area contributed by atoms with Crippen LogP contribution >= 0.6 is 0 Å². The quantitative estimate of drug-likeness (QED) is 0.612. The normalized spacial score (nSPS) is 14.6. The zero-order chi connectivity index (χ0) is 19.9. The van der Waals surface area contributed by atoms with Gasteiger partial charge in [-0.2, -0.15) is 4.98 Å². The van der Waals surface area contributed by atoms with Gasteiger partial charge < -0.3 is 15.0 Å². The first-order valence-corrected chi connectivity index (χ1v) is 10.4. The molecule has 29 heavy (non-hydrogen) atoms. The van der Waals surface area contributed by atoms with Crippen LogP contribution in [0.5, 0.6) is 5.75 Å². The van der Waals surface area contributed by atoms with Gasteiger partial charge in [-0.15, -0.1) is 0 Å². The van der Waals surface area contributed by atoms with Gasteiger partial charge in [-0.1, -0.05) is 30.3 Å². The largest absolute Gasteiger partial charge is 0.494 e. The van der Waals surface area contributed by atoms with Gasteiger partial charge in [-0.25, -0.2) is 4.98 Å². The number of ether oxygens (including phenoxy) is 1. The number of hydrogen-bond acceptors (Lipinski definition) is 5. The lowest BCUT2D eigenvalue weighted by Gasteiger charge is -2.32. The minimum absolute atomic E-state index is 0.671. The molecule has 0 saturated carbocycles. The van der Waals surface area contributed by atoms with Crippen LogP contribution in [0.1, 0.15) is 25.3 Å². The molecule has 0 spiro atoms. The summed E-state index contributed by atoms with van der Waals surface area (Å²) in [5, 5.41) is 3.36. The minimum atomic E-state index is 0.671. The highest BCUT2D eigenvalue weighted by atomic mass is 16.5. The molecule has 1 aliphatic heterocycles. The molecule has 1 aromatic heterocycles. The van der Waals surface area contributed by atoms with Gasteiger partial charge in [0.2, 0.25) is 5.95 Å². The molecule has 0 unspecified atom stereocenters. The molecule has 2 aromatic carbocycles. The summed E-state index contributed by atoms with van der Waals surface area (Å²) in [5.74, 6) is 3.23. The van der Waals surface area contributed by atoms with Crippen molar-refractivity contribution in [2.45, 2.75) is 26.2 Å². The van der Waals surface area contributed by atoms with Gasteiger partial charge >= 0.3 is 0 Å². The molecule has 2 heterocycles. The van der Waals surface area contributed by atoms with Crippen LogP contribution in [0.3, 0.4) is 0 Å². The molecule has 1 saturated heterocycles. The number of benzene rings is 2. The van der Waals surface area contributed by atoms with Crippen molar-refractivity contribution in [2.24, 2.45) is 5.92 Å². The first kappa shape index (κ1) is 19.2. The summed E-state index contributed by atoms with van der Waals surface area (Å²) < 4.78 is 5.50. The fourth-order valence-electron chi connectivity index (χ4n) is 3.80. The van der Waals surface area contributed by atoms with E-state index in [0.717, 1.165) is 48.6 Å². The fraction of sp³-hybridized carbons (Fsp3) is 0.333. The van der Waals surface area contributed by atoms with Crippen molar-refractivity contribution in [3.05, 3.63) is 72.4 Å². The van der Waals surface area contributed by atoms with E-state index in [0.29, 0.717) is 6.61 Å². The SMILES string of the molecule is CCOc1ccc(Nc2ccnc(N3CCC(Cc4ccccc4)CC3)n2)cc1. The molecule has 1 aliphatic rings. The van der Waals surface area contributed by atoms with Crippen molar-refractivity contribution in [3.8, 4) is 5.75 Å². The Balaban J connectivity index is 1.34. The predicted molar refractivity (Wildman–Crippen MR) is 118 cm³/mol. The molecule has 0 amide bonds. The van der Waals surface area contributed by atoms with E-state index >= 15 is 0 Å². The molecule has 5 heteroatoms. The highest BCUT2D eigenvalue weighted by Crippen LogP contribution is 2.25. The van der Waals surface area contributed by atoms with Gasteiger partial charge in [0.1, 0.15) is 11.6 Å². The number of anilines is 3. The maximum atomic E-state index is 5.50. The molecule has 150 valence electrons. The highest BCUT2D eigenvalue weighted by molar-refractivity contribution is 5.58. The monoisotopic (exact) mass is 388 g/mol. The number of rotatable bonds is 7. The number of nitrogens with zero attached hydrogens (tertiary/aromatic N) is 3. The summed E-state index contributed by atoms with van der Waals surface area (Å²) in [7, 11) is 0. The van der Waals surface area contributed by atoms with Gasteiger partial charge in [-0.05, 0) is 68.0 Å². The van der Waals surface area contributed by atoms with Gasteiger partial charge in [0, 0.05) is 25.0 Å². The third-order valence-corrected chi connectivity index (χ3v) is 5.35. The molecular weight excluding hydrogens is 360 g/mol. The summed E-state index contributed by atoms with van der Waals surface area (Å²) in [6, 6.07) is 20.6. The molecule has 1 fully saturated rings. The Labute approximate surface area is 172 Å². The highest BCUT2D eigenvalue weighted by Gasteiger charge is 2.21. The van der Waals surface area contributed by atoms with Crippen LogP contribution in [-0.4, -0.2) is 29.7 Å². The predicted octanol–water partition coefficient (Wildman–Crippen LogP) is 5.08. The second kappa shape index (κ2) is 9.41. The van der Waals surface area contributed by atoms with E-state index in [-0.39, 0.29) is 0 Å². The van der Waals surface area contributed by atoms with Gasteiger partial charge in [0.05, 0.1) is 6.61 Å². The third-order valence-electron chi connectivity index (χ3n) is 5.35. The zero-order valence-corrected chi connectivity index (χ0v) is 16.9. The summed E-state index contributed by atoms with van der Waals surface area (Å²) in [4.78, 5) is 11.5. The number of nitrogens with one attached hydrogen (secondary N) is 1. The van der Waals surface area contributed by atoms with Crippen molar-refractivity contribution >= 4 is 17.5 Å². The van der Waals surface area contributed by atoms with E-state index in [1.54, 1.807) is 0 Å². The van der Waals surface area contributed by atoms with Gasteiger partial charge in [0.15, 0.2) is 0 Å². The summed E-state index contributed by atoms with van der Waals surface area (Å²) in [6.45, 7) is 4.66. The standard InChI is InChI=1S/C24H28N4O/c1-2-29-22-10-8-21(9-11-22)26-23-12-15-25-24(27-23)28-16-13-20(14-17-28)18-19-6-4-3-5-7-19/h3-12,15,20H,2,13-14,16-18H2,1H3,(H,25,26,27). The van der Waals surface area contributed by atoms with Crippen LogP contribution in [-0.2, 0) is 6.42 Å². The fourth-order valence-corrected chi connectivity index (χ4v) is 3.80. The average Bonchev–Trinajstić information content (AvgIpc) is 2.77. The lowest BCUT2D eigenvalue weighted by Crippen LogP contribution is -2.35. The topological polar surface area (TPSA) is 50.3 Å². The molecule has 0 aliphatic carbocycles. The molecule has 0 bridgehead atoms. The Hall–Kier alpha value is -3.08. The second-order valence-corrected chi connectivity index (χ2v) is 7.44. The summed E-state index contributed by atoms with van der Waals surface area (Å²) in [5.41, 5.74) is 2.42. The van der Waals surface area contributed by atoms with Crippen LogP contribution < -0.4 is 15.0 Å². The first-order chi connectivity index (χ1) is 14.3. The van der Waals surface area contributed by atoms with Gasteiger partial charge in [0.25, 0.3) is 0 Å². The molecule has 3 aromatic rings. The number of aromatic nitrogens is 2. The molecule has 0 atom stereocenters. The maximum absolute atomic E-state index is 5.50. The van der Waals surface area contributed by atoms with Gasteiger partial charge in [-0.3, -0.25) is 0 Å². The lowest BCUT2D eigenvalue weighted by atomic mass is 9.90. The van der Waals surface area contributed by atoms with Crippen molar-refractivity contribution in [3.63, 3.8) is 0 Å². The second-order valence-electron chi connectivity index (χ2n) is 7.44. The Kier molecular flexibility index (Phi) is 6.25.